The van der Waals surface area contributed by atoms with E-state index in [4.69, 9.17) is 9.47 Å². The van der Waals surface area contributed by atoms with E-state index < -0.39 is 0 Å². The van der Waals surface area contributed by atoms with Gasteiger partial charge in [0.25, 0.3) is 5.91 Å². The minimum atomic E-state index is -0.199. The first-order valence-electron chi connectivity index (χ1n) is 9.45. The maximum absolute atomic E-state index is 12.7. The van der Waals surface area contributed by atoms with Crippen molar-refractivity contribution in [1.29, 1.82) is 0 Å². The van der Waals surface area contributed by atoms with Gasteiger partial charge in [-0.05, 0) is 42.0 Å². The predicted octanol–water partition coefficient (Wildman–Crippen LogP) is 5.55. The Morgan fingerprint density at radius 3 is 2.40 bits per heavy atom. The summed E-state index contributed by atoms with van der Waals surface area (Å²) in [4.78, 5) is 16.9. The highest BCUT2D eigenvalue weighted by atomic mass is 32.1. The fourth-order valence-corrected chi connectivity index (χ4v) is 3.33. The highest BCUT2D eigenvalue weighted by Crippen LogP contribution is 2.25. The average molecular weight is 417 g/mol. The van der Waals surface area contributed by atoms with Gasteiger partial charge in [-0.25, -0.2) is 4.98 Å². The largest absolute Gasteiger partial charge is 0.489 e. The van der Waals surface area contributed by atoms with Gasteiger partial charge in [0.05, 0.1) is 16.9 Å². The van der Waals surface area contributed by atoms with Crippen molar-refractivity contribution in [2.45, 2.75) is 13.2 Å². The molecule has 1 aromatic heterocycles. The van der Waals surface area contributed by atoms with Crippen LogP contribution in [0.1, 0.15) is 21.6 Å². The molecule has 1 N–H and O–H groups in total. The molecule has 0 saturated heterocycles. The second-order valence-corrected chi connectivity index (χ2v) is 7.24. The van der Waals surface area contributed by atoms with Gasteiger partial charge >= 0.3 is 0 Å². The van der Waals surface area contributed by atoms with E-state index in [2.05, 4.69) is 10.3 Å². The van der Waals surface area contributed by atoms with Gasteiger partial charge in [-0.15, -0.1) is 11.3 Å². The van der Waals surface area contributed by atoms with Crippen molar-refractivity contribution in [1.82, 2.24) is 4.98 Å². The van der Waals surface area contributed by atoms with Gasteiger partial charge in [-0.3, -0.25) is 4.79 Å². The van der Waals surface area contributed by atoms with Gasteiger partial charge < -0.3 is 14.8 Å². The fraction of sp³-hybridized carbons (Fsp3) is 0.0833. The maximum Gasteiger partial charge on any atom is 0.255 e. The number of anilines is 1. The monoisotopic (exact) mass is 416 g/mol. The van der Waals surface area contributed by atoms with Gasteiger partial charge in [-0.1, -0.05) is 42.5 Å². The van der Waals surface area contributed by atoms with Crippen molar-refractivity contribution < 1.29 is 14.3 Å². The third-order valence-electron chi connectivity index (χ3n) is 4.36. The molecule has 0 spiro atoms. The van der Waals surface area contributed by atoms with Crippen molar-refractivity contribution in [2.24, 2.45) is 0 Å². The van der Waals surface area contributed by atoms with Crippen LogP contribution in [0, 0.1) is 0 Å². The molecule has 30 heavy (non-hydrogen) atoms. The highest BCUT2D eigenvalue weighted by molar-refractivity contribution is 7.07. The van der Waals surface area contributed by atoms with Crippen LogP contribution in [0.15, 0.2) is 89.8 Å². The summed E-state index contributed by atoms with van der Waals surface area (Å²) in [5.41, 5.74) is 4.79. The van der Waals surface area contributed by atoms with Gasteiger partial charge in [0, 0.05) is 10.9 Å². The lowest BCUT2D eigenvalue weighted by Crippen LogP contribution is -2.13. The van der Waals surface area contributed by atoms with Crippen LogP contribution in [0.3, 0.4) is 0 Å². The van der Waals surface area contributed by atoms with Gasteiger partial charge in [0.1, 0.15) is 24.7 Å². The molecule has 5 nitrogen and oxygen atoms in total. The average Bonchev–Trinajstić information content (AvgIpc) is 3.32. The van der Waals surface area contributed by atoms with Crippen LogP contribution >= 0.6 is 11.3 Å². The molecule has 4 aromatic rings. The molecule has 0 aliphatic rings. The van der Waals surface area contributed by atoms with E-state index in [1.807, 2.05) is 72.1 Å². The molecule has 0 aliphatic heterocycles. The topological polar surface area (TPSA) is 60.5 Å². The van der Waals surface area contributed by atoms with Crippen molar-refractivity contribution in [3.05, 3.63) is 107 Å². The minimum absolute atomic E-state index is 0.199. The standard InChI is InChI=1S/C24H20N2O3S/c27-24(19-12-10-18(11-13-19)14-28-21-6-2-1-3-7-21)26-22-8-4-5-9-23(22)29-15-20-16-30-17-25-20/h1-13,16-17H,14-15H2,(H,26,27). The minimum Gasteiger partial charge on any atom is -0.489 e. The van der Waals surface area contributed by atoms with E-state index in [9.17, 15) is 4.79 Å². The number of benzene rings is 3. The number of amides is 1. The van der Waals surface area contributed by atoms with Crippen molar-refractivity contribution in [3.8, 4) is 11.5 Å². The molecule has 4 rings (SSSR count). The van der Waals surface area contributed by atoms with E-state index in [0.717, 1.165) is 17.0 Å². The zero-order chi connectivity index (χ0) is 20.6. The third kappa shape index (κ3) is 5.24. The third-order valence-corrected chi connectivity index (χ3v) is 4.99. The second kappa shape index (κ2) is 9.71. The number of nitrogens with zero attached hydrogens (tertiary/aromatic N) is 1. The van der Waals surface area contributed by atoms with Crippen molar-refractivity contribution in [3.63, 3.8) is 0 Å². The van der Waals surface area contributed by atoms with Crippen LogP contribution in [0.5, 0.6) is 11.5 Å². The molecule has 1 amide bonds. The summed E-state index contributed by atoms with van der Waals surface area (Å²) in [6, 6.07) is 24.4. The molecular formula is C24H20N2O3S. The normalized spacial score (nSPS) is 10.4. The highest BCUT2D eigenvalue weighted by Gasteiger charge is 2.10. The SMILES string of the molecule is O=C(Nc1ccccc1OCc1cscn1)c1ccc(COc2ccccc2)cc1. The fourth-order valence-electron chi connectivity index (χ4n) is 2.79. The summed E-state index contributed by atoms with van der Waals surface area (Å²) < 4.78 is 11.6. The van der Waals surface area contributed by atoms with E-state index in [-0.39, 0.29) is 5.91 Å². The Kier molecular flexibility index (Phi) is 6.37. The first-order chi connectivity index (χ1) is 14.8. The Balaban J connectivity index is 1.37. The molecule has 6 heteroatoms. The Bertz CT molecular complexity index is 1080. The number of nitrogens with one attached hydrogen (secondary N) is 1. The molecular weight excluding hydrogens is 396 g/mol. The second-order valence-electron chi connectivity index (χ2n) is 6.52. The molecule has 0 bridgehead atoms. The number of hydrogen-bond acceptors (Lipinski definition) is 5. The lowest BCUT2D eigenvalue weighted by molar-refractivity contribution is 0.102. The smallest absolute Gasteiger partial charge is 0.255 e. The summed E-state index contributed by atoms with van der Waals surface area (Å²) in [5.74, 6) is 1.22. The van der Waals surface area contributed by atoms with E-state index in [1.54, 1.807) is 17.6 Å². The molecule has 3 aromatic carbocycles. The van der Waals surface area contributed by atoms with Crippen LogP contribution in [-0.4, -0.2) is 10.9 Å². The number of hydrogen-bond donors (Lipinski definition) is 1. The zero-order valence-electron chi connectivity index (χ0n) is 16.2. The number of aromatic nitrogens is 1. The van der Waals surface area contributed by atoms with E-state index >= 15 is 0 Å². The van der Waals surface area contributed by atoms with E-state index in [0.29, 0.717) is 30.2 Å². The van der Waals surface area contributed by atoms with Crippen LogP contribution in [-0.2, 0) is 13.2 Å². The molecule has 0 saturated carbocycles. The van der Waals surface area contributed by atoms with Crippen LogP contribution < -0.4 is 14.8 Å². The molecule has 0 aliphatic carbocycles. The number of thiazole rings is 1. The Hall–Kier alpha value is -3.64. The van der Waals surface area contributed by atoms with Crippen LogP contribution in [0.4, 0.5) is 5.69 Å². The van der Waals surface area contributed by atoms with Crippen molar-refractivity contribution >= 4 is 22.9 Å². The summed E-state index contributed by atoms with van der Waals surface area (Å²) in [7, 11) is 0. The Morgan fingerprint density at radius 1 is 0.867 bits per heavy atom. The van der Waals surface area contributed by atoms with Gasteiger partial charge in [0.2, 0.25) is 0 Å². The number of ether oxygens (including phenoxy) is 2. The van der Waals surface area contributed by atoms with Gasteiger partial charge in [-0.2, -0.15) is 0 Å². The summed E-state index contributed by atoms with van der Waals surface area (Å²) >= 11 is 1.52. The Morgan fingerprint density at radius 2 is 1.63 bits per heavy atom. The first kappa shape index (κ1) is 19.7. The first-order valence-corrected chi connectivity index (χ1v) is 10.4. The predicted molar refractivity (Wildman–Crippen MR) is 118 cm³/mol. The van der Waals surface area contributed by atoms with Crippen LogP contribution in [0.2, 0.25) is 0 Å². The number of para-hydroxylation sites is 3. The number of rotatable bonds is 8. The summed E-state index contributed by atoms with van der Waals surface area (Å²) in [6.45, 7) is 0.797. The molecule has 150 valence electrons. The molecule has 0 fully saturated rings. The molecule has 1 heterocycles. The molecule has 0 atom stereocenters. The molecule has 0 unspecified atom stereocenters. The molecule has 0 radical (unpaired) electrons. The lowest BCUT2D eigenvalue weighted by Gasteiger charge is -2.12. The summed E-state index contributed by atoms with van der Waals surface area (Å²) in [6.07, 6.45) is 0. The van der Waals surface area contributed by atoms with Gasteiger partial charge in [0.15, 0.2) is 0 Å². The number of carbonyl (C=O) groups excluding carboxylic acids is 1. The zero-order valence-corrected chi connectivity index (χ0v) is 17.0. The Labute approximate surface area is 178 Å². The maximum atomic E-state index is 12.7. The van der Waals surface area contributed by atoms with E-state index in [1.165, 1.54) is 11.3 Å². The number of carbonyl (C=O) groups is 1. The van der Waals surface area contributed by atoms with Crippen molar-refractivity contribution in [2.75, 3.05) is 5.32 Å². The quantitative estimate of drug-likeness (QED) is 0.409. The lowest BCUT2D eigenvalue weighted by atomic mass is 10.1. The summed E-state index contributed by atoms with van der Waals surface area (Å²) in [5, 5.41) is 4.86. The van der Waals surface area contributed by atoms with Crippen LogP contribution in [0.25, 0.3) is 0 Å².